The summed E-state index contributed by atoms with van der Waals surface area (Å²) in [6.07, 6.45) is 3.52. The largest absolute Gasteiger partial charge is 0.384 e. The number of carbonyl (C=O) groups excluding carboxylic acids is 1. The van der Waals surface area contributed by atoms with Crippen LogP contribution in [0.4, 0.5) is 5.82 Å². The van der Waals surface area contributed by atoms with Crippen molar-refractivity contribution in [2.24, 2.45) is 0 Å². The van der Waals surface area contributed by atoms with E-state index in [0.29, 0.717) is 17.9 Å². The molecular weight excluding hydrogens is 198 g/mol. The normalized spacial score (nSPS) is 9.79. The third-order valence-electron chi connectivity index (χ3n) is 1.64. The molecule has 1 aromatic rings. The number of anilines is 1. The molecule has 0 aromatic carbocycles. The number of nitrogens with zero attached hydrogens (tertiary/aromatic N) is 1. The van der Waals surface area contributed by atoms with Gasteiger partial charge in [0.05, 0.1) is 0 Å². The Morgan fingerprint density at radius 2 is 2.50 bits per heavy atom. The van der Waals surface area contributed by atoms with Gasteiger partial charge in [-0.15, -0.1) is 0 Å². The molecular formula is C9H13N3OS. The van der Waals surface area contributed by atoms with Crippen molar-refractivity contribution in [3.8, 4) is 0 Å². The summed E-state index contributed by atoms with van der Waals surface area (Å²) in [6.45, 7) is 0.669. The van der Waals surface area contributed by atoms with Crippen molar-refractivity contribution in [2.75, 3.05) is 24.3 Å². The lowest BCUT2D eigenvalue weighted by atomic mass is 10.2. The molecule has 0 unspecified atom stereocenters. The molecule has 0 bridgehead atoms. The standard InChI is InChI=1S/C9H13N3OS/c1-14-5-4-12-9(13)7-2-3-11-8(10)6-7/h2-3,6H,4-5H2,1H3,(H2,10,11)(H,12,13). The molecule has 14 heavy (non-hydrogen) atoms. The molecule has 1 aromatic heterocycles. The minimum Gasteiger partial charge on any atom is -0.384 e. The van der Waals surface area contributed by atoms with Crippen LogP contribution >= 0.6 is 11.8 Å². The summed E-state index contributed by atoms with van der Waals surface area (Å²) >= 11 is 1.69. The zero-order valence-corrected chi connectivity index (χ0v) is 8.80. The number of thioether (sulfide) groups is 1. The van der Waals surface area contributed by atoms with Crippen LogP contribution in [0.1, 0.15) is 10.4 Å². The third kappa shape index (κ3) is 3.26. The van der Waals surface area contributed by atoms with E-state index in [4.69, 9.17) is 5.73 Å². The zero-order chi connectivity index (χ0) is 10.4. The highest BCUT2D eigenvalue weighted by Gasteiger charge is 2.04. The zero-order valence-electron chi connectivity index (χ0n) is 7.99. The van der Waals surface area contributed by atoms with Crippen molar-refractivity contribution < 1.29 is 4.79 Å². The van der Waals surface area contributed by atoms with Gasteiger partial charge in [-0.25, -0.2) is 4.98 Å². The molecule has 3 N–H and O–H groups in total. The Kier molecular flexibility index (Phi) is 4.25. The second-order valence-electron chi connectivity index (χ2n) is 2.72. The fourth-order valence-corrected chi connectivity index (χ4v) is 1.26. The van der Waals surface area contributed by atoms with Crippen LogP contribution in [0.5, 0.6) is 0 Å². The first kappa shape index (κ1) is 10.8. The lowest BCUT2D eigenvalue weighted by Gasteiger charge is -2.03. The lowest BCUT2D eigenvalue weighted by Crippen LogP contribution is -2.25. The fraction of sp³-hybridized carbons (Fsp3) is 0.333. The number of aromatic nitrogens is 1. The van der Waals surface area contributed by atoms with Crippen LogP contribution in [0, 0.1) is 0 Å². The van der Waals surface area contributed by atoms with Crippen molar-refractivity contribution >= 4 is 23.5 Å². The van der Waals surface area contributed by atoms with E-state index in [1.165, 1.54) is 6.20 Å². The number of rotatable bonds is 4. The van der Waals surface area contributed by atoms with Crippen LogP contribution in [0.25, 0.3) is 0 Å². The highest BCUT2D eigenvalue weighted by molar-refractivity contribution is 7.98. The Morgan fingerprint density at radius 1 is 1.71 bits per heavy atom. The summed E-state index contributed by atoms with van der Waals surface area (Å²) in [5, 5.41) is 2.78. The van der Waals surface area contributed by atoms with Gasteiger partial charge in [-0.3, -0.25) is 4.79 Å². The smallest absolute Gasteiger partial charge is 0.251 e. The fourth-order valence-electron chi connectivity index (χ4n) is 0.958. The predicted octanol–water partition coefficient (Wildman–Crippen LogP) is 0.757. The molecule has 0 aliphatic rings. The van der Waals surface area contributed by atoms with Crippen LogP contribution < -0.4 is 11.1 Å². The van der Waals surface area contributed by atoms with Crippen molar-refractivity contribution in [1.29, 1.82) is 0 Å². The minimum absolute atomic E-state index is 0.104. The number of nitrogens with one attached hydrogen (secondary N) is 1. The quantitative estimate of drug-likeness (QED) is 0.721. The van der Waals surface area contributed by atoms with E-state index in [9.17, 15) is 4.79 Å². The number of nitrogen functional groups attached to an aromatic ring is 1. The average Bonchev–Trinajstić information content (AvgIpc) is 2.18. The summed E-state index contributed by atoms with van der Waals surface area (Å²) in [4.78, 5) is 15.3. The molecule has 1 rings (SSSR count). The highest BCUT2D eigenvalue weighted by Crippen LogP contribution is 2.02. The molecule has 0 saturated carbocycles. The van der Waals surface area contributed by atoms with E-state index in [1.54, 1.807) is 23.9 Å². The van der Waals surface area contributed by atoms with Crippen LogP contribution in [0.15, 0.2) is 18.3 Å². The van der Waals surface area contributed by atoms with Gasteiger partial charge in [0, 0.05) is 24.1 Å². The molecule has 0 aliphatic carbocycles. The van der Waals surface area contributed by atoms with Crippen molar-refractivity contribution in [2.45, 2.75) is 0 Å². The molecule has 0 radical (unpaired) electrons. The number of hydrogen-bond acceptors (Lipinski definition) is 4. The van der Waals surface area contributed by atoms with E-state index in [2.05, 4.69) is 10.3 Å². The summed E-state index contributed by atoms with van der Waals surface area (Å²) in [5.41, 5.74) is 6.01. The molecule has 4 nitrogen and oxygen atoms in total. The molecule has 0 spiro atoms. The number of amides is 1. The van der Waals surface area contributed by atoms with E-state index >= 15 is 0 Å². The van der Waals surface area contributed by atoms with Gasteiger partial charge in [0.2, 0.25) is 0 Å². The minimum atomic E-state index is -0.104. The van der Waals surface area contributed by atoms with Crippen molar-refractivity contribution in [3.63, 3.8) is 0 Å². The Morgan fingerprint density at radius 3 is 3.14 bits per heavy atom. The predicted molar refractivity (Wildman–Crippen MR) is 59.4 cm³/mol. The molecule has 0 fully saturated rings. The van der Waals surface area contributed by atoms with Gasteiger partial charge in [-0.1, -0.05) is 0 Å². The molecule has 76 valence electrons. The maximum absolute atomic E-state index is 11.5. The summed E-state index contributed by atoms with van der Waals surface area (Å²) < 4.78 is 0. The van der Waals surface area contributed by atoms with Crippen LogP contribution in [0.2, 0.25) is 0 Å². The first-order chi connectivity index (χ1) is 6.74. The highest BCUT2D eigenvalue weighted by atomic mass is 32.2. The van der Waals surface area contributed by atoms with Gasteiger partial charge in [-0.2, -0.15) is 11.8 Å². The van der Waals surface area contributed by atoms with Gasteiger partial charge in [-0.05, 0) is 18.4 Å². The summed E-state index contributed by atoms with van der Waals surface area (Å²) in [7, 11) is 0. The second-order valence-corrected chi connectivity index (χ2v) is 3.70. The Bertz CT molecular complexity index is 317. The molecule has 0 atom stereocenters. The molecule has 0 aliphatic heterocycles. The van der Waals surface area contributed by atoms with E-state index in [-0.39, 0.29) is 5.91 Å². The number of nitrogens with two attached hydrogens (primary N) is 1. The Balaban J connectivity index is 2.52. The van der Waals surface area contributed by atoms with E-state index in [1.807, 2.05) is 6.26 Å². The monoisotopic (exact) mass is 211 g/mol. The van der Waals surface area contributed by atoms with Crippen LogP contribution in [-0.4, -0.2) is 29.4 Å². The topological polar surface area (TPSA) is 68.0 Å². The molecule has 5 heteroatoms. The SMILES string of the molecule is CSCCNC(=O)c1ccnc(N)c1. The van der Waals surface area contributed by atoms with Gasteiger partial charge in [0.15, 0.2) is 0 Å². The lowest BCUT2D eigenvalue weighted by molar-refractivity contribution is 0.0956. The van der Waals surface area contributed by atoms with E-state index in [0.717, 1.165) is 5.75 Å². The van der Waals surface area contributed by atoms with Crippen LogP contribution in [-0.2, 0) is 0 Å². The average molecular weight is 211 g/mol. The summed E-state index contributed by atoms with van der Waals surface area (Å²) in [6, 6.07) is 3.21. The van der Waals surface area contributed by atoms with Gasteiger partial charge in [0.25, 0.3) is 5.91 Å². The first-order valence-electron chi connectivity index (χ1n) is 4.22. The number of hydrogen-bond donors (Lipinski definition) is 2. The molecule has 0 saturated heterocycles. The van der Waals surface area contributed by atoms with Crippen molar-refractivity contribution in [1.82, 2.24) is 10.3 Å². The summed E-state index contributed by atoms with van der Waals surface area (Å²) in [5.74, 6) is 1.17. The Hall–Kier alpha value is -1.23. The number of pyridine rings is 1. The number of carbonyl (C=O) groups is 1. The maximum Gasteiger partial charge on any atom is 0.251 e. The van der Waals surface area contributed by atoms with Gasteiger partial charge < -0.3 is 11.1 Å². The second kappa shape index (κ2) is 5.49. The van der Waals surface area contributed by atoms with Gasteiger partial charge >= 0.3 is 0 Å². The first-order valence-corrected chi connectivity index (χ1v) is 5.62. The molecule has 1 heterocycles. The maximum atomic E-state index is 11.5. The Labute approximate surface area is 87.3 Å². The molecule has 1 amide bonds. The van der Waals surface area contributed by atoms with Crippen LogP contribution in [0.3, 0.4) is 0 Å². The van der Waals surface area contributed by atoms with Gasteiger partial charge in [0.1, 0.15) is 5.82 Å². The third-order valence-corrected chi connectivity index (χ3v) is 2.25. The van der Waals surface area contributed by atoms with E-state index < -0.39 is 0 Å². The van der Waals surface area contributed by atoms with Crippen molar-refractivity contribution in [3.05, 3.63) is 23.9 Å².